The highest BCUT2D eigenvalue weighted by atomic mass is 16.4. The van der Waals surface area contributed by atoms with Gasteiger partial charge in [0.05, 0.1) is 0 Å². The summed E-state index contributed by atoms with van der Waals surface area (Å²) in [5.41, 5.74) is 6.08. The molecule has 0 saturated heterocycles. The van der Waals surface area contributed by atoms with Crippen LogP contribution in [0, 0.1) is 5.41 Å². The van der Waals surface area contributed by atoms with Crippen LogP contribution < -0.4 is 5.73 Å². The summed E-state index contributed by atoms with van der Waals surface area (Å²) in [5.74, 6) is 0.361. The highest BCUT2D eigenvalue weighted by molar-refractivity contribution is 5.80. The number of amidine groups is 1. The molecule has 0 aliphatic heterocycles. The van der Waals surface area contributed by atoms with Crippen molar-refractivity contribution >= 4 is 5.84 Å². The molecule has 4 nitrogen and oxygen atoms in total. The van der Waals surface area contributed by atoms with Crippen LogP contribution in [0.15, 0.2) is 5.16 Å². The van der Waals surface area contributed by atoms with Crippen LogP contribution in [0.25, 0.3) is 0 Å². The Morgan fingerprint density at radius 3 is 2.44 bits per heavy atom. The van der Waals surface area contributed by atoms with E-state index in [9.17, 15) is 0 Å². The van der Waals surface area contributed by atoms with Crippen LogP contribution in [0.5, 0.6) is 0 Å². The third-order valence-electron chi connectivity index (χ3n) is 4.11. The molecule has 0 spiro atoms. The van der Waals surface area contributed by atoms with Crippen molar-refractivity contribution in [2.45, 2.75) is 52.0 Å². The minimum absolute atomic E-state index is 0.223. The molecule has 0 aromatic carbocycles. The zero-order valence-electron chi connectivity index (χ0n) is 11.0. The van der Waals surface area contributed by atoms with Crippen molar-refractivity contribution in [1.29, 1.82) is 0 Å². The molecule has 0 atom stereocenters. The van der Waals surface area contributed by atoms with Gasteiger partial charge in [0.25, 0.3) is 0 Å². The lowest BCUT2D eigenvalue weighted by atomic mass is 9.95. The second-order valence-corrected chi connectivity index (χ2v) is 5.79. The van der Waals surface area contributed by atoms with E-state index in [1.54, 1.807) is 0 Å². The van der Waals surface area contributed by atoms with E-state index in [2.05, 4.69) is 37.9 Å². The van der Waals surface area contributed by atoms with Crippen molar-refractivity contribution in [3.05, 3.63) is 0 Å². The molecule has 0 heterocycles. The number of nitrogens with zero attached hydrogens (tertiary/aromatic N) is 2. The fraction of sp³-hybridized carbons (Fsp3) is 0.917. The molecular weight excluding hydrogens is 202 g/mol. The topological polar surface area (TPSA) is 61.8 Å². The van der Waals surface area contributed by atoms with Gasteiger partial charge >= 0.3 is 0 Å². The molecule has 0 radical (unpaired) electrons. The fourth-order valence-corrected chi connectivity index (χ4v) is 1.97. The molecule has 0 amide bonds. The number of hydrogen-bond donors (Lipinski definition) is 2. The quantitative estimate of drug-likeness (QED) is 0.316. The first-order chi connectivity index (χ1) is 7.35. The summed E-state index contributed by atoms with van der Waals surface area (Å²) >= 11 is 0. The lowest BCUT2D eigenvalue weighted by Gasteiger charge is -2.37. The van der Waals surface area contributed by atoms with E-state index in [4.69, 9.17) is 10.9 Å². The molecule has 0 unspecified atom stereocenters. The summed E-state index contributed by atoms with van der Waals surface area (Å²) in [5, 5.41) is 11.7. The largest absolute Gasteiger partial charge is 0.409 e. The van der Waals surface area contributed by atoms with Gasteiger partial charge in [-0.05, 0) is 45.6 Å². The molecule has 94 valence electrons. The van der Waals surface area contributed by atoms with E-state index in [0.717, 1.165) is 13.0 Å². The monoisotopic (exact) mass is 227 g/mol. The van der Waals surface area contributed by atoms with Crippen molar-refractivity contribution in [2.24, 2.45) is 16.3 Å². The SMILES string of the molecule is CCC(C)(C)N(C)CC1(CC(N)=NO)CC1. The van der Waals surface area contributed by atoms with Crippen LogP contribution in [0.2, 0.25) is 0 Å². The molecule has 1 rings (SSSR count). The highest BCUT2D eigenvalue weighted by Gasteiger charge is 2.45. The van der Waals surface area contributed by atoms with Crippen LogP contribution >= 0.6 is 0 Å². The van der Waals surface area contributed by atoms with Crippen LogP contribution in [-0.2, 0) is 0 Å². The summed E-state index contributed by atoms with van der Waals surface area (Å²) in [4.78, 5) is 2.39. The Balaban J connectivity index is 2.54. The average molecular weight is 227 g/mol. The van der Waals surface area contributed by atoms with Gasteiger partial charge in [0.15, 0.2) is 0 Å². The number of hydrogen-bond acceptors (Lipinski definition) is 3. The van der Waals surface area contributed by atoms with Crippen LogP contribution in [0.3, 0.4) is 0 Å². The molecule has 0 aromatic rings. The molecular formula is C12H25N3O. The molecule has 1 saturated carbocycles. The Kier molecular flexibility index (Phi) is 3.84. The van der Waals surface area contributed by atoms with Crippen LogP contribution in [-0.4, -0.2) is 35.1 Å². The molecule has 3 N–H and O–H groups in total. The summed E-state index contributed by atoms with van der Waals surface area (Å²) in [7, 11) is 2.16. The zero-order chi connectivity index (χ0) is 12.4. The maximum absolute atomic E-state index is 8.62. The maximum Gasteiger partial charge on any atom is 0.139 e. The first-order valence-electron chi connectivity index (χ1n) is 6.03. The minimum atomic E-state index is 0.223. The van der Waals surface area contributed by atoms with Crippen LogP contribution in [0.1, 0.15) is 46.5 Å². The van der Waals surface area contributed by atoms with Gasteiger partial charge in [-0.3, -0.25) is 0 Å². The molecule has 0 bridgehead atoms. The number of oxime groups is 1. The lowest BCUT2D eigenvalue weighted by molar-refractivity contribution is 0.122. The Morgan fingerprint density at radius 1 is 1.50 bits per heavy atom. The van der Waals surface area contributed by atoms with E-state index in [0.29, 0.717) is 12.3 Å². The Bertz CT molecular complexity index is 269. The van der Waals surface area contributed by atoms with Crippen molar-refractivity contribution < 1.29 is 5.21 Å². The van der Waals surface area contributed by atoms with Crippen molar-refractivity contribution in [3.63, 3.8) is 0 Å². The Hall–Kier alpha value is -0.770. The molecule has 0 aromatic heterocycles. The van der Waals surface area contributed by atoms with Crippen molar-refractivity contribution in [3.8, 4) is 0 Å². The predicted octanol–water partition coefficient (Wildman–Crippen LogP) is 2.02. The molecule has 4 heteroatoms. The smallest absolute Gasteiger partial charge is 0.139 e. The van der Waals surface area contributed by atoms with Gasteiger partial charge in [-0.2, -0.15) is 0 Å². The Morgan fingerprint density at radius 2 is 2.06 bits per heavy atom. The van der Waals surface area contributed by atoms with Gasteiger partial charge in [-0.15, -0.1) is 0 Å². The molecule has 1 fully saturated rings. The fourth-order valence-electron chi connectivity index (χ4n) is 1.97. The highest BCUT2D eigenvalue weighted by Crippen LogP contribution is 2.49. The van der Waals surface area contributed by atoms with E-state index < -0.39 is 0 Å². The minimum Gasteiger partial charge on any atom is -0.409 e. The first-order valence-corrected chi connectivity index (χ1v) is 6.03. The summed E-state index contributed by atoms with van der Waals surface area (Å²) in [6.45, 7) is 7.75. The summed E-state index contributed by atoms with van der Waals surface area (Å²) in [6, 6.07) is 0. The molecule has 1 aliphatic carbocycles. The summed E-state index contributed by atoms with van der Waals surface area (Å²) in [6.07, 6.45) is 4.22. The van der Waals surface area contributed by atoms with Gasteiger partial charge in [0.2, 0.25) is 0 Å². The predicted molar refractivity (Wildman–Crippen MR) is 66.7 cm³/mol. The van der Waals surface area contributed by atoms with Gasteiger partial charge in [0, 0.05) is 18.5 Å². The van der Waals surface area contributed by atoms with Crippen molar-refractivity contribution in [2.75, 3.05) is 13.6 Å². The number of nitrogens with two attached hydrogens (primary N) is 1. The standard InChI is InChI=1S/C12H25N3O/c1-5-11(2,3)15(4)9-12(6-7-12)8-10(13)14-16/h16H,5-9H2,1-4H3,(H2,13,14). The van der Waals surface area contributed by atoms with Gasteiger partial charge in [-0.25, -0.2) is 0 Å². The molecule has 1 aliphatic rings. The van der Waals surface area contributed by atoms with E-state index >= 15 is 0 Å². The second-order valence-electron chi connectivity index (χ2n) is 5.79. The molecule has 16 heavy (non-hydrogen) atoms. The van der Waals surface area contributed by atoms with Gasteiger partial charge < -0.3 is 15.8 Å². The first kappa shape index (κ1) is 13.3. The summed E-state index contributed by atoms with van der Waals surface area (Å²) < 4.78 is 0. The van der Waals surface area contributed by atoms with Gasteiger partial charge in [-0.1, -0.05) is 12.1 Å². The Labute approximate surface area is 98.5 Å². The van der Waals surface area contributed by atoms with Crippen LogP contribution in [0.4, 0.5) is 0 Å². The third-order valence-corrected chi connectivity index (χ3v) is 4.11. The second kappa shape index (κ2) is 4.62. The van der Waals surface area contributed by atoms with Gasteiger partial charge in [0.1, 0.15) is 5.84 Å². The lowest BCUT2D eigenvalue weighted by Crippen LogP contribution is -2.44. The van der Waals surface area contributed by atoms with E-state index in [1.165, 1.54) is 12.8 Å². The number of rotatable bonds is 6. The normalized spacial score (nSPS) is 20.2. The average Bonchev–Trinajstić information content (AvgIpc) is 2.97. The van der Waals surface area contributed by atoms with E-state index in [1.807, 2.05) is 0 Å². The maximum atomic E-state index is 8.62. The zero-order valence-corrected chi connectivity index (χ0v) is 11.0. The van der Waals surface area contributed by atoms with E-state index in [-0.39, 0.29) is 11.0 Å². The van der Waals surface area contributed by atoms with Crippen molar-refractivity contribution in [1.82, 2.24) is 4.90 Å². The third kappa shape index (κ3) is 3.11.